The molecule has 0 radical (unpaired) electrons. The summed E-state index contributed by atoms with van der Waals surface area (Å²) in [6.07, 6.45) is 15.1. The molecule has 0 aromatic carbocycles. The number of rotatable bonds is 3. The average molecular weight is 1120 g/mol. The summed E-state index contributed by atoms with van der Waals surface area (Å²) in [6, 6.07) is 2.44. The maximum Gasteiger partial charge on any atom is 0.219 e. The second-order valence-electron chi connectivity index (χ2n) is 33.7. The predicted molar refractivity (Wildman–Crippen MR) is 343 cm³/mol. The molecule has 6 aliphatic rings. The quantitative estimate of drug-likeness (QED) is 0.299. The van der Waals surface area contributed by atoms with E-state index in [0.717, 1.165) is 94.0 Å². The summed E-state index contributed by atoms with van der Waals surface area (Å²) in [5.41, 5.74) is 2.38. The van der Waals surface area contributed by atoms with Crippen LogP contribution in [0.2, 0.25) is 0 Å². The van der Waals surface area contributed by atoms with Crippen molar-refractivity contribution in [3.05, 3.63) is 0 Å². The highest BCUT2D eigenvalue weighted by molar-refractivity contribution is 5.73. The first kappa shape index (κ1) is 77.7. The van der Waals surface area contributed by atoms with Crippen LogP contribution in [0.4, 0.5) is 0 Å². The minimum Gasteiger partial charge on any atom is -0.392 e. The third kappa shape index (κ3) is 31.4. The van der Waals surface area contributed by atoms with Gasteiger partial charge >= 0.3 is 0 Å². The van der Waals surface area contributed by atoms with E-state index in [0.29, 0.717) is 74.5 Å². The number of ether oxygens (including phenoxy) is 2. The molecule has 4 heterocycles. The minimum atomic E-state index is -0.118. The Balaban J connectivity index is 0.000000924. The van der Waals surface area contributed by atoms with E-state index in [1.165, 1.54) is 64.5 Å². The molecule has 9 heteroatoms. The minimum absolute atomic E-state index is 0. The second-order valence-corrected chi connectivity index (χ2v) is 33.7. The Bertz CT molecular complexity index is 1670. The fourth-order valence-corrected chi connectivity index (χ4v) is 13.2. The van der Waals surface area contributed by atoms with Crippen LogP contribution in [0, 0.1) is 103 Å². The van der Waals surface area contributed by atoms with E-state index in [1.54, 1.807) is 6.92 Å². The first-order chi connectivity index (χ1) is 35.3. The van der Waals surface area contributed by atoms with Gasteiger partial charge in [0.25, 0.3) is 0 Å². The number of aliphatic hydroxyl groups is 1. The highest BCUT2D eigenvalue weighted by Crippen LogP contribution is 2.43. The number of β-amino-alcohol motifs (C(OH)–C–C–N with tert-alkyl or cyclic N) is 1. The predicted octanol–water partition coefficient (Wildman–Crippen LogP) is 16.8. The lowest BCUT2D eigenvalue weighted by Gasteiger charge is -2.42. The maximum atomic E-state index is 11.3. The Hall–Kier alpha value is -1.28. The maximum absolute atomic E-state index is 11.3. The number of likely N-dealkylation sites (tertiary alicyclic amines) is 4. The van der Waals surface area contributed by atoms with Crippen molar-refractivity contribution >= 4 is 5.91 Å². The van der Waals surface area contributed by atoms with Crippen molar-refractivity contribution in [2.75, 3.05) is 80.6 Å². The van der Waals surface area contributed by atoms with E-state index in [9.17, 15) is 9.90 Å². The molecule has 2 aliphatic carbocycles. The monoisotopic (exact) mass is 1120 g/mol. The van der Waals surface area contributed by atoms with Crippen LogP contribution in [0.1, 0.15) is 244 Å². The lowest BCUT2D eigenvalue weighted by Crippen LogP contribution is -2.46. The SMILES string of the molecule is C.CC(=O)N1CC(C)CC(C(C)(C)C)C1.CC(C)OC1CC(C(C)(C)C)CN(C)C1.CC1CC(C#N)CC(C(C)(C)C)C1.CC1CCCC(C(C)(C)C)C1.CN1CC(O)CC(C(C)(C)C)C1.COC1CC(C(C)(C)C)CN(C)C1. The lowest BCUT2D eigenvalue weighted by molar-refractivity contribution is -0.132. The molecule has 13 unspecified atom stereocenters. The van der Waals surface area contributed by atoms with Crippen molar-refractivity contribution in [3.63, 3.8) is 0 Å². The normalized spacial score (nSPS) is 31.8. The third-order valence-electron chi connectivity index (χ3n) is 19.1. The van der Waals surface area contributed by atoms with Crippen LogP contribution in [0.25, 0.3) is 0 Å². The summed E-state index contributed by atoms with van der Waals surface area (Å²) in [7, 11) is 8.29. The van der Waals surface area contributed by atoms with Crippen molar-refractivity contribution < 1.29 is 19.4 Å². The van der Waals surface area contributed by atoms with E-state index in [-0.39, 0.29) is 19.4 Å². The zero-order chi connectivity index (χ0) is 60.5. The molecule has 470 valence electrons. The molecule has 13 atom stereocenters. The van der Waals surface area contributed by atoms with Gasteiger partial charge in [0, 0.05) is 72.3 Å². The van der Waals surface area contributed by atoms with Gasteiger partial charge in [0.15, 0.2) is 0 Å². The number of methoxy groups -OCH3 is 1. The zero-order valence-electron chi connectivity index (χ0n) is 57.4. The van der Waals surface area contributed by atoms with Gasteiger partial charge in [-0.25, -0.2) is 0 Å². The second kappa shape index (κ2) is 34.0. The number of likely N-dealkylation sites (N-methyl/N-ethyl adjacent to an activating group) is 3. The fraction of sp³-hybridized carbons (Fsp3) is 0.971. The number of hydrogen-bond acceptors (Lipinski definition) is 8. The highest BCUT2D eigenvalue weighted by Gasteiger charge is 2.37. The smallest absolute Gasteiger partial charge is 0.219 e. The molecule has 1 N–H and O–H groups in total. The number of nitriles is 1. The molecule has 9 nitrogen and oxygen atoms in total. The molecular formula is C70H141N5O4. The Labute approximate surface area is 495 Å². The van der Waals surface area contributed by atoms with Gasteiger partial charge in [-0.05, 0) is 179 Å². The molecule has 0 spiro atoms. The van der Waals surface area contributed by atoms with E-state index >= 15 is 0 Å². The van der Waals surface area contributed by atoms with Crippen molar-refractivity contribution in [2.45, 2.75) is 269 Å². The van der Waals surface area contributed by atoms with Crippen molar-refractivity contribution in [2.24, 2.45) is 91.7 Å². The van der Waals surface area contributed by atoms with Gasteiger partial charge in [-0.15, -0.1) is 0 Å². The summed E-state index contributed by atoms with van der Waals surface area (Å²) < 4.78 is 11.4. The Morgan fingerprint density at radius 2 is 0.886 bits per heavy atom. The molecule has 4 saturated heterocycles. The Kier molecular flexibility index (Phi) is 33.5. The summed E-state index contributed by atoms with van der Waals surface area (Å²) in [5.74, 6) is 7.41. The summed E-state index contributed by atoms with van der Waals surface area (Å²) in [6.45, 7) is 62.9. The zero-order valence-corrected chi connectivity index (χ0v) is 57.4. The number of carbonyl (C=O) groups is 1. The van der Waals surface area contributed by atoms with Gasteiger partial charge in [-0.2, -0.15) is 5.26 Å². The third-order valence-corrected chi connectivity index (χ3v) is 19.1. The standard InChI is InChI=1S/C13H27NO.C12H23NO.C12H21N.C11H23NO.C11H22.C10H21NO.CH4/c1-10(2)15-12-7-11(13(3,4)5)8-14(6)9-12;1-9-6-11(12(3,4)5)8-13(7-9)10(2)14;1-9-5-10(8-13)7-11(6-9)12(2,3)4;1-11(2,3)9-6-10(13-5)8-12(4)7-9;1-9-6-5-7-10(8-9)11(2,3)4;1-10(2,3)8-5-9(12)7-11(4)6-8;/h10-12H,7-9H2,1-6H3;9,11H,6-8H2,1-5H3;9-11H,5-7H2,1-4H3;9-10H,6-8H2,1-5H3;9-10H,5-8H2,1-4H3;8-9,12H,5-7H2,1-4H3;1H4. The molecule has 6 rings (SSSR count). The van der Waals surface area contributed by atoms with Crippen LogP contribution >= 0.6 is 0 Å². The van der Waals surface area contributed by atoms with Crippen molar-refractivity contribution in [1.29, 1.82) is 5.26 Å². The molecule has 1 amide bonds. The summed E-state index contributed by atoms with van der Waals surface area (Å²) in [4.78, 5) is 20.4. The largest absolute Gasteiger partial charge is 0.392 e. The summed E-state index contributed by atoms with van der Waals surface area (Å²) >= 11 is 0. The Morgan fingerprint density at radius 1 is 0.494 bits per heavy atom. The number of amides is 1. The van der Waals surface area contributed by atoms with Gasteiger partial charge < -0.3 is 34.2 Å². The molecule has 6 fully saturated rings. The van der Waals surface area contributed by atoms with Crippen LogP contribution in [-0.2, 0) is 14.3 Å². The van der Waals surface area contributed by atoms with E-state index in [2.05, 4.69) is 201 Å². The average Bonchev–Trinajstić information content (AvgIpc) is 3.27. The molecule has 2 saturated carbocycles. The van der Waals surface area contributed by atoms with Gasteiger partial charge in [0.2, 0.25) is 5.91 Å². The first-order valence-corrected chi connectivity index (χ1v) is 31.9. The van der Waals surface area contributed by atoms with Crippen LogP contribution in [0.3, 0.4) is 0 Å². The molecule has 79 heavy (non-hydrogen) atoms. The van der Waals surface area contributed by atoms with Crippen LogP contribution in [0.5, 0.6) is 0 Å². The van der Waals surface area contributed by atoms with Crippen LogP contribution in [-0.4, -0.2) is 136 Å². The Morgan fingerprint density at radius 3 is 1.27 bits per heavy atom. The highest BCUT2D eigenvalue weighted by atomic mass is 16.5. The number of piperidine rings is 4. The first-order valence-electron chi connectivity index (χ1n) is 31.9. The molecule has 0 aromatic heterocycles. The van der Waals surface area contributed by atoms with Crippen LogP contribution in [0.15, 0.2) is 0 Å². The van der Waals surface area contributed by atoms with Gasteiger partial charge in [-0.1, -0.05) is 166 Å². The van der Waals surface area contributed by atoms with Crippen molar-refractivity contribution in [1.82, 2.24) is 19.6 Å². The van der Waals surface area contributed by atoms with E-state index < -0.39 is 0 Å². The molecule has 0 bridgehead atoms. The molecule has 4 aliphatic heterocycles. The summed E-state index contributed by atoms with van der Waals surface area (Å²) in [5, 5.41) is 18.5. The number of nitrogens with zero attached hydrogens (tertiary/aromatic N) is 5. The lowest BCUT2D eigenvalue weighted by atomic mass is 9.66. The van der Waals surface area contributed by atoms with E-state index in [1.807, 2.05) is 12.0 Å². The number of hydrogen-bond donors (Lipinski definition) is 1. The fourth-order valence-electron chi connectivity index (χ4n) is 13.2. The van der Waals surface area contributed by atoms with E-state index in [4.69, 9.17) is 14.7 Å². The van der Waals surface area contributed by atoms with Gasteiger partial charge in [0.1, 0.15) is 0 Å². The number of carbonyl (C=O) groups excluding carboxylic acids is 1. The number of aliphatic hydroxyl groups excluding tert-OH is 1. The molecular weight excluding hydrogens is 975 g/mol. The van der Waals surface area contributed by atoms with Gasteiger partial charge in [0.05, 0.1) is 30.5 Å². The van der Waals surface area contributed by atoms with Crippen LogP contribution < -0.4 is 0 Å². The van der Waals surface area contributed by atoms with Crippen molar-refractivity contribution in [3.8, 4) is 6.07 Å². The molecule has 0 aromatic rings. The van der Waals surface area contributed by atoms with Gasteiger partial charge in [-0.3, -0.25) is 4.79 Å². The topological polar surface area (TPSA) is 92.5 Å².